The Kier molecular flexibility index (Phi) is 15.3. The van der Waals surface area contributed by atoms with E-state index in [0.29, 0.717) is 29.5 Å². The van der Waals surface area contributed by atoms with Crippen LogP contribution in [0.3, 0.4) is 0 Å². The number of aliphatic imine (C=N–C) groups is 1. The van der Waals surface area contributed by atoms with Crippen LogP contribution in [0.1, 0.15) is 97.5 Å². The number of carbonyl (C=O) groups excluding carboxylic acids is 1. The number of anilines is 3. The SMILES string of the molecule is CCCCCCCCCCCCOOCc1ccc(Cl)c(NC(=O)C2=Nc3ccc(N(CC)CC)cc3N(CC)C2O)c1. The molecular weight excluding hydrogens is 564 g/mol. The van der Waals surface area contributed by atoms with Crippen LogP contribution in [0.2, 0.25) is 5.02 Å². The van der Waals surface area contributed by atoms with Gasteiger partial charge in [0.2, 0.25) is 0 Å². The van der Waals surface area contributed by atoms with Crippen molar-refractivity contribution in [1.29, 1.82) is 0 Å². The van der Waals surface area contributed by atoms with Gasteiger partial charge < -0.3 is 20.2 Å². The molecule has 0 fully saturated rings. The maximum absolute atomic E-state index is 13.3. The van der Waals surface area contributed by atoms with Gasteiger partial charge in [0.25, 0.3) is 5.91 Å². The van der Waals surface area contributed by atoms with E-state index in [-0.39, 0.29) is 12.3 Å². The minimum Gasteiger partial charge on any atom is -0.372 e. The van der Waals surface area contributed by atoms with Crippen molar-refractivity contribution in [3.8, 4) is 0 Å². The number of nitrogens with one attached hydrogen (secondary N) is 1. The molecule has 2 aromatic rings. The minimum absolute atomic E-state index is 0.0162. The van der Waals surface area contributed by atoms with Crippen molar-refractivity contribution >= 4 is 46.0 Å². The number of hydrogen-bond acceptors (Lipinski definition) is 7. The van der Waals surface area contributed by atoms with Gasteiger partial charge in [-0.1, -0.05) is 82.4 Å². The molecule has 0 bridgehead atoms. The molecule has 0 aliphatic carbocycles. The Bertz CT molecular complexity index is 1170. The third kappa shape index (κ3) is 10.5. The zero-order chi connectivity index (χ0) is 31.0. The Morgan fingerprint density at radius 2 is 1.60 bits per heavy atom. The number of aliphatic hydroxyl groups excluding tert-OH is 1. The van der Waals surface area contributed by atoms with Gasteiger partial charge in [0.15, 0.2) is 11.9 Å². The van der Waals surface area contributed by atoms with E-state index in [9.17, 15) is 9.90 Å². The first kappa shape index (κ1) is 34.8. The van der Waals surface area contributed by atoms with Gasteiger partial charge in [-0.05, 0) is 63.1 Å². The van der Waals surface area contributed by atoms with E-state index in [1.54, 1.807) is 17.0 Å². The highest BCUT2D eigenvalue weighted by Crippen LogP contribution is 2.37. The predicted molar refractivity (Wildman–Crippen MR) is 179 cm³/mol. The monoisotopic (exact) mass is 614 g/mol. The van der Waals surface area contributed by atoms with Gasteiger partial charge in [-0.2, -0.15) is 0 Å². The van der Waals surface area contributed by atoms with Crippen molar-refractivity contribution in [3.05, 3.63) is 47.0 Å². The van der Waals surface area contributed by atoms with Crippen LogP contribution in [0.5, 0.6) is 0 Å². The second-order valence-corrected chi connectivity index (χ2v) is 11.4. The minimum atomic E-state index is -1.19. The fourth-order valence-electron chi connectivity index (χ4n) is 5.36. The highest BCUT2D eigenvalue weighted by atomic mass is 35.5. The van der Waals surface area contributed by atoms with Crippen molar-refractivity contribution in [2.24, 2.45) is 4.99 Å². The third-order valence-corrected chi connectivity index (χ3v) is 8.25. The van der Waals surface area contributed by atoms with E-state index in [1.165, 1.54) is 51.4 Å². The van der Waals surface area contributed by atoms with Gasteiger partial charge >= 0.3 is 0 Å². The molecule has 9 heteroatoms. The Hall–Kier alpha value is -2.65. The Labute approximate surface area is 263 Å². The van der Waals surface area contributed by atoms with E-state index in [0.717, 1.165) is 42.9 Å². The number of amides is 1. The van der Waals surface area contributed by atoms with Crippen LogP contribution in [0.4, 0.5) is 22.7 Å². The molecule has 3 rings (SSSR count). The molecule has 238 valence electrons. The molecule has 1 heterocycles. The molecule has 2 N–H and O–H groups in total. The highest BCUT2D eigenvalue weighted by Gasteiger charge is 2.32. The van der Waals surface area contributed by atoms with E-state index in [1.807, 2.05) is 31.2 Å². The normalized spacial score (nSPS) is 14.4. The molecule has 0 aromatic heterocycles. The molecule has 1 aliphatic heterocycles. The third-order valence-electron chi connectivity index (χ3n) is 7.92. The second-order valence-electron chi connectivity index (χ2n) is 11.0. The number of nitrogens with zero attached hydrogens (tertiary/aromatic N) is 3. The van der Waals surface area contributed by atoms with E-state index < -0.39 is 12.1 Å². The summed E-state index contributed by atoms with van der Waals surface area (Å²) in [6, 6.07) is 11.2. The zero-order valence-corrected chi connectivity index (χ0v) is 27.3. The number of unbranched alkanes of at least 4 members (excludes halogenated alkanes) is 9. The lowest BCUT2D eigenvalue weighted by atomic mass is 10.1. The number of hydrogen-bond donors (Lipinski definition) is 2. The van der Waals surface area contributed by atoms with Crippen LogP contribution in [0.15, 0.2) is 41.4 Å². The fourth-order valence-corrected chi connectivity index (χ4v) is 5.53. The van der Waals surface area contributed by atoms with Gasteiger partial charge in [-0.15, -0.1) is 0 Å². The standard InChI is InChI=1S/C34H51ClN4O4/c1-5-9-10-11-12-13-14-15-16-17-22-42-43-25-26-18-20-28(35)30(23-26)37-33(40)32-34(41)39(8-4)31-24-27(38(6-2)7-3)19-21-29(31)36-32/h18-21,23-24,34,41H,5-17,22,25H2,1-4H3,(H,37,40). The first-order valence-corrected chi connectivity index (χ1v) is 16.6. The first-order chi connectivity index (χ1) is 20.9. The van der Waals surface area contributed by atoms with Gasteiger partial charge in [-0.25, -0.2) is 14.8 Å². The van der Waals surface area contributed by atoms with E-state index in [2.05, 4.69) is 36.0 Å². The molecule has 8 nitrogen and oxygen atoms in total. The fraction of sp³-hybridized carbons (Fsp3) is 0.588. The summed E-state index contributed by atoms with van der Waals surface area (Å²) in [4.78, 5) is 32.7. The molecule has 1 unspecified atom stereocenters. The van der Waals surface area contributed by atoms with Crippen LogP contribution in [0, 0.1) is 0 Å². The van der Waals surface area contributed by atoms with Crippen molar-refractivity contribution < 1.29 is 19.7 Å². The smallest absolute Gasteiger partial charge is 0.274 e. The topological polar surface area (TPSA) is 86.6 Å². The summed E-state index contributed by atoms with van der Waals surface area (Å²) >= 11 is 6.41. The van der Waals surface area contributed by atoms with Crippen LogP contribution in [0.25, 0.3) is 0 Å². The molecule has 43 heavy (non-hydrogen) atoms. The Balaban J connectivity index is 1.50. The number of fused-ring (bicyclic) bond motifs is 1. The summed E-state index contributed by atoms with van der Waals surface area (Å²) in [5.74, 6) is -0.512. The predicted octanol–water partition coefficient (Wildman–Crippen LogP) is 8.42. The summed E-state index contributed by atoms with van der Waals surface area (Å²) in [6.07, 6.45) is 11.5. The lowest BCUT2D eigenvalue weighted by molar-refractivity contribution is -0.304. The van der Waals surface area contributed by atoms with Crippen LogP contribution < -0.4 is 15.1 Å². The molecule has 1 aliphatic rings. The van der Waals surface area contributed by atoms with Gasteiger partial charge in [0, 0.05) is 25.3 Å². The molecule has 0 saturated carbocycles. The van der Waals surface area contributed by atoms with Crippen LogP contribution >= 0.6 is 11.6 Å². The number of halogens is 1. The van der Waals surface area contributed by atoms with Crippen molar-refractivity contribution in [2.75, 3.05) is 41.4 Å². The molecule has 1 atom stereocenters. The summed E-state index contributed by atoms with van der Waals surface area (Å²) < 4.78 is 0. The summed E-state index contributed by atoms with van der Waals surface area (Å²) in [6.45, 7) is 11.4. The molecule has 0 radical (unpaired) electrons. The summed E-state index contributed by atoms with van der Waals surface area (Å²) in [7, 11) is 0. The quantitative estimate of drug-likeness (QED) is 0.0884. The summed E-state index contributed by atoms with van der Waals surface area (Å²) in [5.41, 5.74) is 3.73. The Morgan fingerprint density at radius 3 is 2.26 bits per heavy atom. The number of carbonyl (C=O) groups is 1. The van der Waals surface area contributed by atoms with Crippen molar-refractivity contribution in [1.82, 2.24) is 0 Å². The molecule has 1 amide bonds. The van der Waals surface area contributed by atoms with E-state index >= 15 is 0 Å². The zero-order valence-electron chi connectivity index (χ0n) is 26.5. The van der Waals surface area contributed by atoms with Crippen molar-refractivity contribution in [2.45, 2.75) is 105 Å². The molecule has 2 aromatic carbocycles. The highest BCUT2D eigenvalue weighted by molar-refractivity contribution is 6.46. The molecular formula is C34H51ClN4O4. The number of benzene rings is 2. The molecule has 0 spiro atoms. The van der Waals surface area contributed by atoms with Gasteiger partial charge in [0.1, 0.15) is 6.61 Å². The lowest BCUT2D eigenvalue weighted by Crippen LogP contribution is -2.48. The van der Waals surface area contributed by atoms with Gasteiger partial charge in [0.05, 0.1) is 28.7 Å². The largest absolute Gasteiger partial charge is 0.372 e. The second kappa shape index (κ2) is 18.9. The molecule has 0 saturated heterocycles. The van der Waals surface area contributed by atoms with Crippen LogP contribution in [-0.4, -0.2) is 49.2 Å². The number of aliphatic hydroxyl groups is 1. The van der Waals surface area contributed by atoms with E-state index in [4.69, 9.17) is 21.4 Å². The Morgan fingerprint density at radius 1 is 0.930 bits per heavy atom. The maximum atomic E-state index is 13.3. The average molecular weight is 615 g/mol. The summed E-state index contributed by atoms with van der Waals surface area (Å²) in [5, 5.41) is 14.3. The first-order valence-electron chi connectivity index (χ1n) is 16.2. The lowest BCUT2D eigenvalue weighted by Gasteiger charge is -2.35. The number of rotatable bonds is 20. The van der Waals surface area contributed by atoms with Crippen LogP contribution in [-0.2, 0) is 21.2 Å². The van der Waals surface area contributed by atoms with Gasteiger partial charge in [-0.3, -0.25) is 4.79 Å². The van der Waals surface area contributed by atoms with Crippen molar-refractivity contribution in [3.63, 3.8) is 0 Å². The average Bonchev–Trinajstić information content (AvgIpc) is 3.01. The maximum Gasteiger partial charge on any atom is 0.274 e.